The molecule has 10 heavy (non-hydrogen) atoms. The molecular formula is C8H13NS. The largest absolute Gasteiger partial charge is 0.365 e. The first kappa shape index (κ1) is 7.73. The standard InChI is InChI=1S/C8H13NS/c1-7-5-8(6-9-7)3-4-10-2/h5-6,9H,3-4H2,1-2H3. The minimum atomic E-state index is 1.19. The van der Waals surface area contributed by atoms with Gasteiger partial charge in [-0.05, 0) is 37.0 Å². The Morgan fingerprint density at radius 1 is 1.60 bits per heavy atom. The molecule has 0 aromatic carbocycles. The van der Waals surface area contributed by atoms with Gasteiger partial charge in [-0.1, -0.05) is 0 Å². The molecule has 1 aromatic rings. The van der Waals surface area contributed by atoms with Crippen molar-refractivity contribution in [3.63, 3.8) is 0 Å². The topological polar surface area (TPSA) is 15.8 Å². The third kappa shape index (κ3) is 2.10. The van der Waals surface area contributed by atoms with E-state index in [4.69, 9.17) is 0 Å². The second kappa shape index (κ2) is 3.71. The van der Waals surface area contributed by atoms with E-state index in [0.29, 0.717) is 0 Å². The highest BCUT2D eigenvalue weighted by Gasteiger charge is 1.93. The van der Waals surface area contributed by atoms with Gasteiger partial charge in [-0.3, -0.25) is 0 Å². The van der Waals surface area contributed by atoms with Crippen molar-refractivity contribution in [2.24, 2.45) is 0 Å². The highest BCUT2D eigenvalue weighted by Crippen LogP contribution is 2.05. The number of H-pyrrole nitrogens is 1. The summed E-state index contributed by atoms with van der Waals surface area (Å²) in [5, 5.41) is 0. The maximum atomic E-state index is 3.17. The number of thioether (sulfide) groups is 1. The lowest BCUT2D eigenvalue weighted by Crippen LogP contribution is -1.82. The van der Waals surface area contributed by atoms with Crippen molar-refractivity contribution in [3.05, 3.63) is 23.5 Å². The van der Waals surface area contributed by atoms with Crippen LogP contribution in [0.1, 0.15) is 11.3 Å². The fraction of sp³-hybridized carbons (Fsp3) is 0.500. The van der Waals surface area contributed by atoms with Gasteiger partial charge >= 0.3 is 0 Å². The predicted molar refractivity (Wildman–Crippen MR) is 47.6 cm³/mol. The average Bonchev–Trinajstić information content (AvgIpc) is 2.31. The summed E-state index contributed by atoms with van der Waals surface area (Å²) in [6.45, 7) is 2.09. The first-order valence-electron chi connectivity index (χ1n) is 3.46. The summed E-state index contributed by atoms with van der Waals surface area (Å²) in [5.74, 6) is 1.22. The van der Waals surface area contributed by atoms with E-state index in [1.54, 1.807) is 0 Å². The van der Waals surface area contributed by atoms with Crippen LogP contribution < -0.4 is 0 Å². The van der Waals surface area contributed by atoms with E-state index < -0.39 is 0 Å². The van der Waals surface area contributed by atoms with Crippen LogP contribution in [-0.4, -0.2) is 17.0 Å². The molecule has 0 amide bonds. The second-order valence-corrected chi connectivity index (χ2v) is 3.42. The molecular weight excluding hydrogens is 142 g/mol. The Kier molecular flexibility index (Phi) is 2.87. The van der Waals surface area contributed by atoms with Gasteiger partial charge in [-0.25, -0.2) is 0 Å². The van der Waals surface area contributed by atoms with E-state index >= 15 is 0 Å². The normalized spacial score (nSPS) is 10.2. The van der Waals surface area contributed by atoms with E-state index in [2.05, 4.69) is 30.4 Å². The summed E-state index contributed by atoms with van der Waals surface area (Å²) in [6.07, 6.45) is 5.41. The fourth-order valence-corrected chi connectivity index (χ4v) is 1.37. The Balaban J connectivity index is 2.42. The lowest BCUT2D eigenvalue weighted by Gasteiger charge is -1.91. The van der Waals surface area contributed by atoms with Crippen LogP contribution in [-0.2, 0) is 6.42 Å². The summed E-state index contributed by atoms with van der Waals surface area (Å²) in [7, 11) is 0. The van der Waals surface area contributed by atoms with Crippen molar-refractivity contribution in [2.45, 2.75) is 13.3 Å². The van der Waals surface area contributed by atoms with E-state index in [0.717, 1.165) is 0 Å². The number of rotatable bonds is 3. The van der Waals surface area contributed by atoms with Gasteiger partial charge in [0.15, 0.2) is 0 Å². The predicted octanol–water partition coefficient (Wildman–Crippen LogP) is 2.23. The van der Waals surface area contributed by atoms with Crippen LogP contribution in [0.4, 0.5) is 0 Å². The molecule has 0 spiro atoms. The van der Waals surface area contributed by atoms with Gasteiger partial charge in [0.1, 0.15) is 0 Å². The number of hydrogen-bond donors (Lipinski definition) is 1. The second-order valence-electron chi connectivity index (χ2n) is 2.43. The van der Waals surface area contributed by atoms with Crippen LogP contribution in [0, 0.1) is 6.92 Å². The molecule has 56 valence electrons. The first-order valence-corrected chi connectivity index (χ1v) is 4.85. The zero-order valence-corrected chi connectivity index (χ0v) is 7.29. The highest BCUT2D eigenvalue weighted by atomic mass is 32.2. The van der Waals surface area contributed by atoms with Crippen LogP contribution >= 0.6 is 11.8 Å². The average molecular weight is 155 g/mol. The van der Waals surface area contributed by atoms with Gasteiger partial charge in [0.2, 0.25) is 0 Å². The van der Waals surface area contributed by atoms with Crippen LogP contribution in [0.5, 0.6) is 0 Å². The first-order chi connectivity index (χ1) is 4.83. The van der Waals surface area contributed by atoms with Crippen LogP contribution in [0.3, 0.4) is 0 Å². The van der Waals surface area contributed by atoms with Crippen LogP contribution in [0.25, 0.3) is 0 Å². The van der Waals surface area contributed by atoms with Crippen molar-refractivity contribution >= 4 is 11.8 Å². The molecule has 1 nitrogen and oxygen atoms in total. The molecule has 0 aliphatic carbocycles. The Morgan fingerprint density at radius 3 is 2.90 bits per heavy atom. The van der Waals surface area contributed by atoms with E-state index in [-0.39, 0.29) is 0 Å². The zero-order chi connectivity index (χ0) is 7.40. The molecule has 0 fully saturated rings. The number of aromatic amines is 1. The zero-order valence-electron chi connectivity index (χ0n) is 6.48. The fourth-order valence-electron chi connectivity index (χ4n) is 0.932. The van der Waals surface area contributed by atoms with Crippen LogP contribution in [0.2, 0.25) is 0 Å². The molecule has 1 N–H and O–H groups in total. The Morgan fingerprint density at radius 2 is 2.40 bits per heavy atom. The lowest BCUT2D eigenvalue weighted by molar-refractivity contribution is 1.16. The van der Waals surface area contributed by atoms with Gasteiger partial charge in [-0.2, -0.15) is 11.8 Å². The minimum absolute atomic E-state index is 1.19. The monoisotopic (exact) mass is 155 g/mol. The number of hydrogen-bond acceptors (Lipinski definition) is 1. The molecule has 0 bridgehead atoms. The molecule has 0 radical (unpaired) electrons. The Labute approximate surface area is 66.2 Å². The number of aryl methyl sites for hydroxylation is 2. The van der Waals surface area contributed by atoms with Gasteiger partial charge < -0.3 is 4.98 Å². The molecule has 0 saturated heterocycles. The molecule has 0 aliphatic rings. The Hall–Kier alpha value is -0.370. The molecule has 1 heterocycles. The molecule has 0 atom stereocenters. The number of aromatic nitrogens is 1. The minimum Gasteiger partial charge on any atom is -0.365 e. The van der Waals surface area contributed by atoms with Gasteiger partial charge in [0.05, 0.1) is 0 Å². The van der Waals surface area contributed by atoms with Crippen molar-refractivity contribution in [3.8, 4) is 0 Å². The van der Waals surface area contributed by atoms with Crippen molar-refractivity contribution in [1.29, 1.82) is 0 Å². The van der Waals surface area contributed by atoms with E-state index in [1.165, 1.54) is 23.4 Å². The van der Waals surface area contributed by atoms with Gasteiger partial charge in [0, 0.05) is 11.9 Å². The lowest BCUT2D eigenvalue weighted by atomic mass is 10.2. The summed E-state index contributed by atoms with van der Waals surface area (Å²) in [6, 6.07) is 2.20. The van der Waals surface area contributed by atoms with Gasteiger partial charge in [-0.15, -0.1) is 0 Å². The summed E-state index contributed by atoms with van der Waals surface area (Å²) < 4.78 is 0. The maximum absolute atomic E-state index is 3.17. The van der Waals surface area contributed by atoms with Crippen molar-refractivity contribution in [2.75, 3.05) is 12.0 Å². The summed E-state index contributed by atoms with van der Waals surface area (Å²) >= 11 is 1.89. The molecule has 0 aliphatic heterocycles. The molecule has 1 aromatic heterocycles. The molecule has 0 unspecified atom stereocenters. The Bertz CT molecular complexity index is 193. The SMILES string of the molecule is CSCCc1c[nH]c(C)c1. The number of nitrogens with one attached hydrogen (secondary N) is 1. The van der Waals surface area contributed by atoms with Crippen LogP contribution in [0.15, 0.2) is 12.3 Å². The summed E-state index contributed by atoms with van der Waals surface area (Å²) in [4.78, 5) is 3.17. The van der Waals surface area contributed by atoms with Crippen molar-refractivity contribution < 1.29 is 0 Å². The maximum Gasteiger partial charge on any atom is 0.0118 e. The summed E-state index contributed by atoms with van der Waals surface area (Å²) in [5.41, 5.74) is 2.68. The molecule has 0 saturated carbocycles. The smallest absolute Gasteiger partial charge is 0.0118 e. The van der Waals surface area contributed by atoms with Crippen molar-refractivity contribution in [1.82, 2.24) is 4.98 Å². The van der Waals surface area contributed by atoms with E-state index in [1.807, 2.05) is 11.8 Å². The molecule has 1 rings (SSSR count). The quantitative estimate of drug-likeness (QED) is 0.707. The van der Waals surface area contributed by atoms with E-state index in [9.17, 15) is 0 Å². The van der Waals surface area contributed by atoms with Gasteiger partial charge in [0.25, 0.3) is 0 Å². The molecule has 2 heteroatoms. The third-order valence-electron chi connectivity index (χ3n) is 1.48. The third-order valence-corrected chi connectivity index (χ3v) is 2.09. The highest BCUT2D eigenvalue weighted by molar-refractivity contribution is 7.98.